The van der Waals surface area contributed by atoms with Crippen LogP contribution in [0.4, 0.5) is 5.69 Å². The molecule has 0 unspecified atom stereocenters. The van der Waals surface area contributed by atoms with Gasteiger partial charge in [0.25, 0.3) is 0 Å². The summed E-state index contributed by atoms with van der Waals surface area (Å²) in [7, 11) is 0. The Bertz CT molecular complexity index is 730. The second-order valence-corrected chi connectivity index (χ2v) is 5.25. The molecular formula is C18H19N3. The first-order valence-electron chi connectivity index (χ1n) is 7.13. The number of anilines is 1. The van der Waals surface area contributed by atoms with Crippen LogP contribution in [0.25, 0.3) is 5.69 Å². The number of aromatic nitrogens is 2. The fraction of sp³-hybridized carbons (Fsp3) is 0.167. The van der Waals surface area contributed by atoms with Gasteiger partial charge in [0.2, 0.25) is 0 Å². The molecule has 1 heterocycles. The van der Waals surface area contributed by atoms with Gasteiger partial charge in [0, 0.05) is 18.9 Å². The molecular weight excluding hydrogens is 258 g/mol. The van der Waals surface area contributed by atoms with E-state index in [1.165, 1.54) is 16.7 Å². The third-order valence-corrected chi connectivity index (χ3v) is 3.62. The van der Waals surface area contributed by atoms with Crippen molar-refractivity contribution in [3.8, 4) is 5.69 Å². The van der Waals surface area contributed by atoms with Crippen LogP contribution in [0, 0.1) is 13.8 Å². The standard InChI is InChI=1S/C18H19N3/c1-14-8-9-16(15(2)12-14)13-19-17-6-3-4-7-18(17)21-11-5-10-20-21/h3-12,19H,13H2,1-2H3. The van der Waals surface area contributed by atoms with Gasteiger partial charge in [0.05, 0.1) is 11.4 Å². The minimum atomic E-state index is 0.810. The average molecular weight is 277 g/mol. The van der Waals surface area contributed by atoms with Crippen LogP contribution in [-0.2, 0) is 6.54 Å². The van der Waals surface area contributed by atoms with Crippen molar-refractivity contribution in [2.45, 2.75) is 20.4 Å². The van der Waals surface area contributed by atoms with E-state index in [-0.39, 0.29) is 0 Å². The lowest BCUT2D eigenvalue weighted by Gasteiger charge is -2.13. The Morgan fingerprint density at radius 1 is 1.05 bits per heavy atom. The van der Waals surface area contributed by atoms with Crippen molar-refractivity contribution in [3.63, 3.8) is 0 Å². The van der Waals surface area contributed by atoms with Crippen molar-refractivity contribution < 1.29 is 0 Å². The van der Waals surface area contributed by atoms with Gasteiger partial charge in [0.15, 0.2) is 0 Å². The van der Waals surface area contributed by atoms with Crippen LogP contribution >= 0.6 is 0 Å². The number of aryl methyl sites for hydroxylation is 2. The Morgan fingerprint density at radius 3 is 2.67 bits per heavy atom. The van der Waals surface area contributed by atoms with Gasteiger partial charge in [-0.3, -0.25) is 0 Å². The van der Waals surface area contributed by atoms with Crippen molar-refractivity contribution in [1.82, 2.24) is 9.78 Å². The van der Waals surface area contributed by atoms with Gasteiger partial charge >= 0.3 is 0 Å². The molecule has 3 heteroatoms. The number of nitrogens with one attached hydrogen (secondary N) is 1. The van der Waals surface area contributed by atoms with E-state index in [1.807, 2.05) is 29.1 Å². The van der Waals surface area contributed by atoms with E-state index >= 15 is 0 Å². The molecule has 0 atom stereocenters. The van der Waals surface area contributed by atoms with E-state index in [4.69, 9.17) is 0 Å². The lowest BCUT2D eigenvalue weighted by atomic mass is 10.1. The average Bonchev–Trinajstić information content (AvgIpc) is 3.01. The van der Waals surface area contributed by atoms with E-state index in [2.05, 4.69) is 54.6 Å². The SMILES string of the molecule is Cc1ccc(CNc2ccccc2-n2cccn2)c(C)c1. The van der Waals surface area contributed by atoms with Crippen LogP contribution in [0.3, 0.4) is 0 Å². The maximum absolute atomic E-state index is 4.31. The largest absolute Gasteiger partial charge is 0.379 e. The number of nitrogens with zero attached hydrogens (tertiary/aromatic N) is 2. The monoisotopic (exact) mass is 277 g/mol. The number of hydrogen-bond donors (Lipinski definition) is 1. The summed E-state index contributed by atoms with van der Waals surface area (Å²) in [6.07, 6.45) is 3.75. The molecule has 1 aromatic heterocycles. The molecule has 0 saturated heterocycles. The Kier molecular flexibility index (Phi) is 3.73. The first-order chi connectivity index (χ1) is 10.2. The number of benzene rings is 2. The van der Waals surface area contributed by atoms with E-state index < -0.39 is 0 Å². The Balaban J connectivity index is 1.83. The Morgan fingerprint density at radius 2 is 1.90 bits per heavy atom. The fourth-order valence-corrected chi connectivity index (χ4v) is 2.47. The van der Waals surface area contributed by atoms with Crippen LogP contribution in [0.15, 0.2) is 60.9 Å². The summed E-state index contributed by atoms with van der Waals surface area (Å²) in [4.78, 5) is 0. The van der Waals surface area contributed by atoms with Crippen LogP contribution in [0.1, 0.15) is 16.7 Å². The molecule has 2 aromatic carbocycles. The zero-order valence-electron chi connectivity index (χ0n) is 12.4. The van der Waals surface area contributed by atoms with E-state index in [1.54, 1.807) is 6.20 Å². The third-order valence-electron chi connectivity index (χ3n) is 3.62. The summed E-state index contributed by atoms with van der Waals surface area (Å²) >= 11 is 0. The van der Waals surface area contributed by atoms with Crippen LogP contribution in [-0.4, -0.2) is 9.78 Å². The predicted octanol–water partition coefficient (Wildman–Crippen LogP) is 4.10. The van der Waals surface area contributed by atoms with Gasteiger partial charge in [-0.15, -0.1) is 0 Å². The molecule has 0 aliphatic carbocycles. The molecule has 0 radical (unpaired) electrons. The zero-order valence-corrected chi connectivity index (χ0v) is 12.4. The van der Waals surface area contributed by atoms with Gasteiger partial charge in [-0.1, -0.05) is 35.9 Å². The van der Waals surface area contributed by atoms with Gasteiger partial charge in [0.1, 0.15) is 0 Å². The molecule has 106 valence electrons. The van der Waals surface area contributed by atoms with Crippen molar-refractivity contribution >= 4 is 5.69 Å². The molecule has 21 heavy (non-hydrogen) atoms. The molecule has 3 rings (SSSR count). The summed E-state index contributed by atoms with van der Waals surface area (Å²) in [6.45, 7) is 5.09. The van der Waals surface area contributed by atoms with Gasteiger partial charge in [-0.05, 0) is 43.2 Å². The van der Waals surface area contributed by atoms with Gasteiger partial charge in [-0.25, -0.2) is 4.68 Å². The molecule has 3 aromatic rings. The van der Waals surface area contributed by atoms with Crippen molar-refractivity contribution in [3.05, 3.63) is 77.6 Å². The van der Waals surface area contributed by atoms with Crippen LogP contribution in [0.5, 0.6) is 0 Å². The second kappa shape index (κ2) is 5.83. The highest BCUT2D eigenvalue weighted by atomic mass is 15.3. The molecule has 0 fully saturated rings. The molecule has 0 bridgehead atoms. The lowest BCUT2D eigenvalue weighted by molar-refractivity contribution is 0.879. The first kappa shape index (κ1) is 13.4. The first-order valence-corrected chi connectivity index (χ1v) is 7.13. The molecule has 1 N–H and O–H groups in total. The lowest BCUT2D eigenvalue weighted by Crippen LogP contribution is -2.05. The number of rotatable bonds is 4. The maximum atomic E-state index is 4.31. The fourth-order valence-electron chi connectivity index (χ4n) is 2.47. The quantitative estimate of drug-likeness (QED) is 0.778. The maximum Gasteiger partial charge on any atom is 0.0876 e. The van der Waals surface area contributed by atoms with Crippen LogP contribution < -0.4 is 5.32 Å². The predicted molar refractivity (Wildman–Crippen MR) is 86.8 cm³/mol. The van der Waals surface area contributed by atoms with Crippen LogP contribution in [0.2, 0.25) is 0 Å². The number of para-hydroxylation sites is 2. The molecule has 0 spiro atoms. The zero-order chi connectivity index (χ0) is 14.7. The Hall–Kier alpha value is -2.55. The molecule has 0 aliphatic heterocycles. The Labute approximate surface area is 125 Å². The summed E-state index contributed by atoms with van der Waals surface area (Å²) in [5, 5.41) is 7.83. The van der Waals surface area contributed by atoms with Crippen molar-refractivity contribution in [2.75, 3.05) is 5.32 Å². The molecule has 3 nitrogen and oxygen atoms in total. The molecule has 0 saturated carbocycles. The highest BCUT2D eigenvalue weighted by Gasteiger charge is 2.05. The minimum absolute atomic E-state index is 0.810. The normalized spacial score (nSPS) is 10.6. The highest BCUT2D eigenvalue weighted by molar-refractivity contribution is 5.60. The van der Waals surface area contributed by atoms with Gasteiger partial charge in [-0.2, -0.15) is 5.10 Å². The summed E-state index contributed by atoms with van der Waals surface area (Å²) in [6, 6.07) is 16.7. The second-order valence-electron chi connectivity index (χ2n) is 5.25. The highest BCUT2D eigenvalue weighted by Crippen LogP contribution is 2.20. The summed E-state index contributed by atoms with van der Waals surface area (Å²) < 4.78 is 1.88. The van der Waals surface area contributed by atoms with Gasteiger partial charge < -0.3 is 5.32 Å². The van der Waals surface area contributed by atoms with E-state index in [0.717, 1.165) is 17.9 Å². The summed E-state index contributed by atoms with van der Waals surface area (Å²) in [5.41, 5.74) is 6.08. The topological polar surface area (TPSA) is 29.9 Å². The number of hydrogen-bond acceptors (Lipinski definition) is 2. The third kappa shape index (κ3) is 2.97. The smallest absolute Gasteiger partial charge is 0.0876 e. The van der Waals surface area contributed by atoms with E-state index in [9.17, 15) is 0 Å². The molecule has 0 aliphatic rings. The minimum Gasteiger partial charge on any atom is -0.379 e. The summed E-state index contributed by atoms with van der Waals surface area (Å²) in [5.74, 6) is 0. The molecule has 0 amide bonds. The van der Waals surface area contributed by atoms with E-state index in [0.29, 0.717) is 0 Å². The van der Waals surface area contributed by atoms with Crippen molar-refractivity contribution in [2.24, 2.45) is 0 Å². The van der Waals surface area contributed by atoms with Crippen molar-refractivity contribution in [1.29, 1.82) is 0 Å².